The van der Waals surface area contributed by atoms with E-state index in [-0.39, 0.29) is 12.5 Å². The smallest absolute Gasteiger partial charge is 0.244 e. The molecular formula is C25H34FN3O4S. The van der Waals surface area contributed by atoms with E-state index in [1.165, 1.54) is 17.0 Å². The number of sulfonamides is 1. The normalized spacial score (nSPS) is 12.2. The first-order chi connectivity index (χ1) is 16.0. The van der Waals surface area contributed by atoms with Crippen LogP contribution in [0.5, 0.6) is 0 Å². The number of rotatable bonds is 11. The van der Waals surface area contributed by atoms with Gasteiger partial charge in [-0.15, -0.1) is 0 Å². The number of nitrogens with one attached hydrogen (secondary N) is 1. The molecule has 0 aliphatic heterocycles. The molecule has 1 N–H and O–H groups in total. The molecule has 9 heteroatoms. The Kier molecular flexibility index (Phi) is 9.61. The van der Waals surface area contributed by atoms with Crippen molar-refractivity contribution in [3.8, 4) is 0 Å². The highest BCUT2D eigenvalue weighted by molar-refractivity contribution is 7.92. The molecule has 0 fully saturated rings. The van der Waals surface area contributed by atoms with E-state index < -0.39 is 34.3 Å². The molecule has 0 bridgehead atoms. The minimum atomic E-state index is -3.80. The van der Waals surface area contributed by atoms with Crippen molar-refractivity contribution in [3.05, 3.63) is 65.0 Å². The van der Waals surface area contributed by atoms with Crippen LogP contribution in [-0.2, 0) is 26.2 Å². The highest BCUT2D eigenvalue weighted by Crippen LogP contribution is 2.25. The van der Waals surface area contributed by atoms with E-state index in [1.807, 2.05) is 19.9 Å². The maximum absolute atomic E-state index is 13.6. The third-order valence-electron chi connectivity index (χ3n) is 5.51. The number of aryl methyl sites for hydroxylation is 2. The van der Waals surface area contributed by atoms with Gasteiger partial charge in [0.1, 0.15) is 18.4 Å². The predicted octanol–water partition coefficient (Wildman–Crippen LogP) is 3.54. The maximum atomic E-state index is 13.6. The van der Waals surface area contributed by atoms with E-state index in [0.29, 0.717) is 29.8 Å². The zero-order chi connectivity index (χ0) is 25.5. The van der Waals surface area contributed by atoms with Crippen LogP contribution in [-0.4, -0.2) is 50.5 Å². The molecule has 0 saturated heterocycles. The van der Waals surface area contributed by atoms with Crippen molar-refractivity contribution in [3.63, 3.8) is 0 Å². The van der Waals surface area contributed by atoms with Gasteiger partial charge in [0.15, 0.2) is 0 Å². The summed E-state index contributed by atoms with van der Waals surface area (Å²) in [4.78, 5) is 27.8. The van der Waals surface area contributed by atoms with Gasteiger partial charge in [-0.25, -0.2) is 12.8 Å². The number of benzene rings is 2. The van der Waals surface area contributed by atoms with Crippen LogP contribution in [0.1, 0.15) is 43.4 Å². The highest BCUT2D eigenvalue weighted by Gasteiger charge is 2.32. The first-order valence-electron chi connectivity index (χ1n) is 11.3. The fraction of sp³-hybridized carbons (Fsp3) is 0.440. The highest BCUT2D eigenvalue weighted by atomic mass is 32.2. The minimum absolute atomic E-state index is 0.0432. The summed E-state index contributed by atoms with van der Waals surface area (Å²) >= 11 is 0. The second-order valence-corrected chi connectivity index (χ2v) is 10.3. The lowest BCUT2D eigenvalue weighted by Crippen LogP contribution is -2.52. The van der Waals surface area contributed by atoms with E-state index in [4.69, 9.17) is 0 Å². The van der Waals surface area contributed by atoms with Gasteiger partial charge in [-0.3, -0.25) is 13.9 Å². The number of carbonyl (C=O) groups excluding carboxylic acids is 2. The molecule has 1 atom stereocenters. The standard InChI is InChI=1S/C25H34FN3O4S/c1-6-14-27-25(31)22(7-2)28(16-20-10-12-21(26)13-11-20)24(30)17-29(34(5,32)33)23-15-18(3)8-9-19(23)4/h8-13,15,22H,6-7,14,16-17H2,1-5H3,(H,27,31). The molecule has 0 spiro atoms. The van der Waals surface area contributed by atoms with Crippen molar-refractivity contribution in [2.75, 3.05) is 23.7 Å². The van der Waals surface area contributed by atoms with Crippen molar-refractivity contribution in [1.29, 1.82) is 0 Å². The van der Waals surface area contributed by atoms with Crippen LogP contribution in [0.15, 0.2) is 42.5 Å². The van der Waals surface area contributed by atoms with Gasteiger partial charge in [-0.2, -0.15) is 0 Å². The summed E-state index contributed by atoms with van der Waals surface area (Å²) in [5.41, 5.74) is 2.62. The van der Waals surface area contributed by atoms with Crippen molar-refractivity contribution in [2.24, 2.45) is 0 Å². The van der Waals surface area contributed by atoms with Gasteiger partial charge in [-0.1, -0.05) is 38.1 Å². The zero-order valence-corrected chi connectivity index (χ0v) is 21.3. The third-order valence-corrected chi connectivity index (χ3v) is 6.64. The third kappa shape index (κ3) is 7.28. The van der Waals surface area contributed by atoms with Gasteiger partial charge in [0.05, 0.1) is 11.9 Å². The average Bonchev–Trinajstić information content (AvgIpc) is 2.78. The first kappa shape index (κ1) is 27.3. The molecule has 0 heterocycles. The van der Waals surface area contributed by atoms with Crippen LogP contribution >= 0.6 is 0 Å². The van der Waals surface area contributed by atoms with Crippen molar-refractivity contribution >= 4 is 27.5 Å². The molecule has 0 aliphatic rings. The fourth-order valence-electron chi connectivity index (χ4n) is 3.65. The van der Waals surface area contributed by atoms with Crippen LogP contribution < -0.4 is 9.62 Å². The fourth-order valence-corrected chi connectivity index (χ4v) is 4.55. The second-order valence-electron chi connectivity index (χ2n) is 8.42. The Bertz CT molecular complexity index is 1100. The van der Waals surface area contributed by atoms with Gasteiger partial charge >= 0.3 is 0 Å². The Hall–Kier alpha value is -2.94. The number of anilines is 1. The van der Waals surface area contributed by atoms with Crippen LogP contribution in [0.2, 0.25) is 0 Å². The number of nitrogens with zero attached hydrogens (tertiary/aromatic N) is 2. The SMILES string of the molecule is CCCNC(=O)C(CC)N(Cc1ccc(F)cc1)C(=O)CN(c1cc(C)ccc1C)S(C)(=O)=O. The summed E-state index contributed by atoms with van der Waals surface area (Å²) in [5, 5.41) is 2.82. The Balaban J connectivity index is 2.45. The van der Waals surface area contributed by atoms with Gasteiger partial charge in [-0.05, 0) is 61.6 Å². The van der Waals surface area contributed by atoms with E-state index >= 15 is 0 Å². The predicted molar refractivity (Wildman–Crippen MR) is 132 cm³/mol. The largest absolute Gasteiger partial charge is 0.354 e. The maximum Gasteiger partial charge on any atom is 0.244 e. The van der Waals surface area contributed by atoms with Crippen LogP contribution in [0.4, 0.5) is 10.1 Å². The Morgan fingerprint density at radius 1 is 1.06 bits per heavy atom. The van der Waals surface area contributed by atoms with Crippen molar-refractivity contribution < 1.29 is 22.4 Å². The lowest BCUT2D eigenvalue weighted by molar-refractivity contribution is -0.140. The number of hydrogen-bond acceptors (Lipinski definition) is 4. The molecule has 34 heavy (non-hydrogen) atoms. The number of amides is 2. The first-order valence-corrected chi connectivity index (χ1v) is 13.2. The van der Waals surface area contributed by atoms with Crippen molar-refractivity contribution in [1.82, 2.24) is 10.2 Å². The molecule has 1 unspecified atom stereocenters. The summed E-state index contributed by atoms with van der Waals surface area (Å²) in [6, 6.07) is 10.3. The quantitative estimate of drug-likeness (QED) is 0.521. The number of halogens is 1. The van der Waals surface area contributed by atoms with Crippen molar-refractivity contribution in [2.45, 2.75) is 53.1 Å². The minimum Gasteiger partial charge on any atom is -0.354 e. The lowest BCUT2D eigenvalue weighted by atomic mass is 10.1. The molecule has 0 radical (unpaired) electrons. The molecule has 2 rings (SSSR count). The molecular weight excluding hydrogens is 457 g/mol. The lowest BCUT2D eigenvalue weighted by Gasteiger charge is -2.33. The topological polar surface area (TPSA) is 86.8 Å². The summed E-state index contributed by atoms with van der Waals surface area (Å²) in [7, 11) is -3.80. The van der Waals surface area contributed by atoms with Crippen LogP contribution in [0.3, 0.4) is 0 Å². The molecule has 2 amide bonds. The Morgan fingerprint density at radius 3 is 2.26 bits per heavy atom. The molecule has 0 aromatic heterocycles. The molecule has 2 aromatic carbocycles. The van der Waals surface area contributed by atoms with Gasteiger partial charge in [0, 0.05) is 13.1 Å². The average molecular weight is 492 g/mol. The van der Waals surface area contributed by atoms with Crippen LogP contribution in [0.25, 0.3) is 0 Å². The molecule has 186 valence electrons. The molecule has 0 aliphatic carbocycles. The van der Waals surface area contributed by atoms with E-state index in [2.05, 4.69) is 5.32 Å². The van der Waals surface area contributed by atoms with Gasteiger partial charge in [0.2, 0.25) is 21.8 Å². The molecule has 7 nitrogen and oxygen atoms in total. The molecule has 2 aromatic rings. The number of hydrogen-bond donors (Lipinski definition) is 1. The van der Waals surface area contributed by atoms with E-state index in [0.717, 1.165) is 22.5 Å². The van der Waals surface area contributed by atoms with E-state index in [1.54, 1.807) is 38.1 Å². The summed E-state index contributed by atoms with van der Waals surface area (Å²) < 4.78 is 39.9. The summed E-state index contributed by atoms with van der Waals surface area (Å²) in [5.74, 6) is -1.24. The zero-order valence-electron chi connectivity index (χ0n) is 20.5. The summed E-state index contributed by atoms with van der Waals surface area (Å²) in [6.45, 7) is 7.39. The molecule has 0 saturated carbocycles. The number of carbonyl (C=O) groups is 2. The van der Waals surface area contributed by atoms with Gasteiger partial charge in [0.25, 0.3) is 0 Å². The van der Waals surface area contributed by atoms with E-state index in [9.17, 15) is 22.4 Å². The monoisotopic (exact) mass is 491 g/mol. The Labute approximate surface area is 202 Å². The Morgan fingerprint density at radius 2 is 1.71 bits per heavy atom. The van der Waals surface area contributed by atoms with Gasteiger partial charge < -0.3 is 10.2 Å². The summed E-state index contributed by atoms with van der Waals surface area (Å²) in [6.07, 6.45) is 2.13. The van der Waals surface area contributed by atoms with Crippen LogP contribution in [0, 0.1) is 19.7 Å². The second kappa shape index (κ2) is 12.0.